The van der Waals surface area contributed by atoms with Crippen molar-refractivity contribution < 1.29 is 91.3 Å². The van der Waals surface area contributed by atoms with Gasteiger partial charge in [0, 0.05) is 115 Å². The number of primary amides is 1. The second-order valence-corrected chi connectivity index (χ2v) is 27.4. The van der Waals surface area contributed by atoms with Crippen LogP contribution < -0.4 is 36.6 Å². The maximum Gasteiger partial charge on any atom is 0.409 e. The molecule has 0 radical (unpaired) electrons. The molecule has 11 atom stereocenters. The summed E-state index contributed by atoms with van der Waals surface area (Å²) in [5.74, 6) is -7.61. The highest BCUT2D eigenvalue weighted by Gasteiger charge is 2.64. The molecule has 0 saturated carbocycles. The van der Waals surface area contributed by atoms with Crippen LogP contribution in [0, 0.1) is 23.7 Å². The van der Waals surface area contributed by atoms with E-state index in [-0.39, 0.29) is 116 Å². The van der Waals surface area contributed by atoms with Gasteiger partial charge in [0.1, 0.15) is 46.5 Å². The highest BCUT2D eigenvalue weighted by molar-refractivity contribution is 6.35. The van der Waals surface area contributed by atoms with Crippen molar-refractivity contribution in [1.29, 1.82) is 0 Å². The van der Waals surface area contributed by atoms with Gasteiger partial charge >= 0.3 is 24.1 Å². The van der Waals surface area contributed by atoms with E-state index in [2.05, 4.69) is 43.7 Å². The fourth-order valence-corrected chi connectivity index (χ4v) is 13.1. The second kappa shape index (κ2) is 39.6. The lowest BCUT2D eigenvalue weighted by atomic mass is 9.83. The number of ether oxygens (including phenoxy) is 7. The third-order valence-electron chi connectivity index (χ3n) is 19.1. The van der Waals surface area contributed by atoms with Crippen LogP contribution in [0.2, 0.25) is 5.02 Å². The van der Waals surface area contributed by atoms with Gasteiger partial charge in [0.2, 0.25) is 23.6 Å². The Bertz CT molecular complexity index is 3470. The van der Waals surface area contributed by atoms with Crippen LogP contribution >= 0.6 is 11.6 Å². The van der Waals surface area contributed by atoms with Crippen LogP contribution in [0.4, 0.5) is 15.3 Å². The van der Waals surface area contributed by atoms with Crippen molar-refractivity contribution in [2.24, 2.45) is 29.4 Å². The third-order valence-corrected chi connectivity index (χ3v) is 19.4. The number of rotatable bonds is 36. The number of Topliss-reactive ketones (excluding diaryl/α,β-unsaturated/α-hetero) is 2. The van der Waals surface area contributed by atoms with Crippen molar-refractivity contribution in [3.8, 4) is 5.75 Å². The number of esters is 1. The summed E-state index contributed by atoms with van der Waals surface area (Å²) in [6.07, 6.45) is -0.792. The van der Waals surface area contributed by atoms with Crippen LogP contribution in [0.3, 0.4) is 0 Å². The summed E-state index contributed by atoms with van der Waals surface area (Å²) in [6.45, 7) is 14.5. The highest BCUT2D eigenvalue weighted by atomic mass is 35.5. The Morgan fingerprint density at radius 2 is 1.63 bits per heavy atom. The van der Waals surface area contributed by atoms with E-state index in [1.807, 2.05) is 44.3 Å². The number of fused-ring (bicyclic) bond motifs is 6. The number of likely N-dealkylation sites (N-methyl/N-ethyl adjacent to an activating group) is 1. The van der Waals surface area contributed by atoms with Gasteiger partial charge in [-0.1, -0.05) is 88.7 Å². The topological polar surface area (TPSA) is 368 Å². The van der Waals surface area contributed by atoms with Gasteiger partial charge in [-0.15, -0.1) is 0 Å². The number of carbonyl (C=O) groups is 10. The Labute approximate surface area is 603 Å². The zero-order valence-electron chi connectivity index (χ0n) is 60.3. The minimum absolute atomic E-state index is 0. The Hall–Kier alpha value is -7.99. The molecule has 566 valence electrons. The molecule has 0 unspecified atom stereocenters. The number of nitrogens with one attached hydrogen (secondary N) is 4. The van der Waals surface area contributed by atoms with E-state index < -0.39 is 131 Å². The number of nitrogens with two attached hydrogens (primary N) is 1. The van der Waals surface area contributed by atoms with Crippen molar-refractivity contribution in [3.63, 3.8) is 0 Å². The minimum atomic E-state index is -1.94. The number of urea groups is 1. The van der Waals surface area contributed by atoms with Crippen molar-refractivity contribution in [2.75, 3.05) is 86.3 Å². The molecule has 2 fully saturated rings. The molecule has 6 rings (SSSR count). The smallest absolute Gasteiger partial charge is 0.409 e. The Balaban J connectivity index is 0.0000187. The molecule has 29 heteroatoms. The standard InChI is InChI=1S/C72H104ClN9O19.CH4/c1-13-79(8)42-51-37-48-19-14-15-21-53(48)82(51)29-25-52(83)38-49(23-24-62(87)88)66(89)75-28-31-98-33-32-97-30-26-60(85)77-64(43(2)3)55(84)39-50(20-17-27-76-69(74)92)67(90)80(9)46(6)68(91)100-59-40-61(86)81(10)54-35-47(36-56(95-11)63(54)73)34-44(4)18-16-22-58(96-12)72(94)41-57(99-70(93)78-72)45(5)65-71(59,7)101-65;/h14-16,18-19,21-22,35-37,43,45-46,49-50,57-59,64-65,94H,13,17,20,23-34,38-42H2,1-12H3,(H,75,89)(H,77,85)(H,78,93)(H,87,88)(H3,74,76,92);1H4/b22-16+,44-18+;/t45-,46+,49-,50-,57+,58-,59+,64+,65+,71-,72+;/m1./s1. The van der Waals surface area contributed by atoms with Crippen LogP contribution in [-0.4, -0.2) is 213 Å². The summed E-state index contributed by atoms with van der Waals surface area (Å²) in [5.41, 5.74) is 5.93. The number of carboxylic acids is 1. The summed E-state index contributed by atoms with van der Waals surface area (Å²) < 4.78 is 43.1. The summed E-state index contributed by atoms with van der Waals surface area (Å²) >= 11 is 6.88. The van der Waals surface area contributed by atoms with Gasteiger partial charge in [0.25, 0.3) is 0 Å². The fraction of sp³-hybridized carbons (Fsp3) is 0.616. The zero-order chi connectivity index (χ0) is 74.5. The van der Waals surface area contributed by atoms with Crippen molar-refractivity contribution >= 4 is 87.4 Å². The Morgan fingerprint density at radius 3 is 2.29 bits per heavy atom. The number of benzene rings is 2. The summed E-state index contributed by atoms with van der Waals surface area (Å²) in [7, 11) is 7.73. The van der Waals surface area contributed by atoms with Gasteiger partial charge in [0.05, 0.1) is 57.8 Å². The summed E-state index contributed by atoms with van der Waals surface area (Å²) in [4.78, 5) is 139. The molecule has 2 saturated heterocycles. The number of alkyl carbamates (subject to hydrolysis) is 1. The van der Waals surface area contributed by atoms with E-state index in [9.17, 15) is 58.2 Å². The lowest BCUT2D eigenvalue weighted by Crippen LogP contribution is -2.63. The van der Waals surface area contributed by atoms with Crippen LogP contribution in [0.5, 0.6) is 5.75 Å². The lowest BCUT2D eigenvalue weighted by molar-refractivity contribution is -0.163. The predicted molar refractivity (Wildman–Crippen MR) is 382 cm³/mol. The SMILES string of the molecule is C.CCN(C)Cc1cc2ccccc2n1CCC(=O)C[C@@H](CCC(=O)O)C(=O)NCCOCCOCCC(=O)N[C@H](C(=O)C[C@@H](CCCNC(N)=O)C(=O)N(C)[C@@H](C)C(=O)O[C@H]1CC(=O)N(C)c2cc(cc(OC)c2Cl)C/C(C)=C/C=C/[C@@H](OC)[C@@]2(O)C[C@H](OC(=O)N2)[C@@H](C)[C@@H]2O[C@]12C)C(C)C. The fourth-order valence-electron chi connectivity index (χ4n) is 12.8. The molecule has 0 aliphatic carbocycles. The van der Waals surface area contributed by atoms with E-state index in [0.29, 0.717) is 30.9 Å². The highest BCUT2D eigenvalue weighted by Crippen LogP contribution is 2.49. The van der Waals surface area contributed by atoms with Crippen LogP contribution in [0.25, 0.3) is 10.9 Å². The largest absolute Gasteiger partial charge is 0.495 e. The number of aromatic nitrogens is 1. The molecule has 3 aliphatic heterocycles. The first-order valence-electron chi connectivity index (χ1n) is 34.5. The first-order valence-corrected chi connectivity index (χ1v) is 34.9. The molecule has 28 nitrogen and oxygen atoms in total. The molecule has 4 bridgehead atoms. The molecule has 4 heterocycles. The molecular formula is C73H108ClN9O19. The van der Waals surface area contributed by atoms with E-state index >= 15 is 0 Å². The molecule has 0 spiro atoms. The van der Waals surface area contributed by atoms with Crippen LogP contribution in [-0.2, 0) is 86.3 Å². The monoisotopic (exact) mass is 1450 g/mol. The van der Waals surface area contributed by atoms with Crippen molar-refractivity contribution in [1.82, 2.24) is 35.6 Å². The van der Waals surface area contributed by atoms with Gasteiger partial charge < -0.3 is 84.3 Å². The van der Waals surface area contributed by atoms with Crippen LogP contribution in [0.1, 0.15) is 131 Å². The molecule has 3 aliphatic rings. The number of para-hydroxylation sites is 1. The molecular weight excluding hydrogens is 1340 g/mol. The number of carboxylic acid groups (broad SMARTS) is 1. The van der Waals surface area contributed by atoms with E-state index in [1.165, 1.54) is 40.1 Å². The number of epoxide rings is 1. The second-order valence-electron chi connectivity index (χ2n) is 27.0. The molecule has 2 aromatic carbocycles. The van der Waals surface area contributed by atoms with Gasteiger partial charge in [-0.2, -0.15) is 0 Å². The van der Waals surface area contributed by atoms with E-state index in [4.69, 9.17) is 50.5 Å². The normalized spacial score (nSPS) is 22.6. The van der Waals surface area contributed by atoms with Gasteiger partial charge in [-0.05, 0) is 101 Å². The zero-order valence-corrected chi connectivity index (χ0v) is 61.0. The van der Waals surface area contributed by atoms with Crippen LogP contribution in [0.15, 0.2) is 66.3 Å². The van der Waals surface area contributed by atoms with Gasteiger partial charge in [0.15, 0.2) is 11.5 Å². The Kier molecular flexibility index (Phi) is 32.9. The average molecular weight is 1450 g/mol. The summed E-state index contributed by atoms with van der Waals surface area (Å²) in [6, 6.07) is 10.3. The number of halogens is 1. The number of amides is 7. The lowest BCUT2D eigenvalue weighted by Gasteiger charge is -2.42. The van der Waals surface area contributed by atoms with E-state index in [1.54, 1.807) is 52.0 Å². The third kappa shape index (κ3) is 23.8. The first kappa shape index (κ1) is 84.7. The number of anilines is 1. The number of aliphatic carboxylic acids is 1. The quantitative estimate of drug-likeness (QED) is 0.0179. The van der Waals surface area contributed by atoms with E-state index in [0.717, 1.165) is 39.2 Å². The number of carbonyl (C=O) groups excluding carboxylic acids is 9. The first-order chi connectivity index (χ1) is 47.8. The van der Waals surface area contributed by atoms with Crippen molar-refractivity contribution in [3.05, 3.63) is 82.5 Å². The minimum Gasteiger partial charge on any atom is -0.495 e. The maximum absolute atomic E-state index is 14.7. The van der Waals surface area contributed by atoms with Gasteiger partial charge in [-0.25, -0.2) is 14.4 Å². The molecule has 102 heavy (non-hydrogen) atoms. The number of aliphatic hydroxyl groups is 1. The Morgan fingerprint density at radius 1 is 0.922 bits per heavy atom. The predicted octanol–water partition coefficient (Wildman–Crippen LogP) is 6.79. The average Bonchev–Trinajstić information content (AvgIpc) is 1.57. The number of allylic oxidation sites excluding steroid dienone is 3. The van der Waals surface area contributed by atoms with Gasteiger partial charge in [-0.3, -0.25) is 38.9 Å². The molecule has 8 N–H and O–H groups in total. The molecule has 3 aromatic rings. The molecule has 7 amide bonds. The number of hydrogen-bond donors (Lipinski definition) is 7. The number of nitrogens with zero attached hydrogens (tertiary/aromatic N) is 4. The summed E-state index contributed by atoms with van der Waals surface area (Å²) in [5, 5.41) is 33.1. The number of ketones is 2. The van der Waals surface area contributed by atoms with Crippen molar-refractivity contribution in [2.45, 2.75) is 187 Å². The maximum atomic E-state index is 14.7. The molecule has 1 aromatic heterocycles. The number of aryl methyl sites for hydroxylation is 1. The number of methoxy groups -OCH3 is 2. The number of hydrogen-bond acceptors (Lipinski definition) is 19.